The average molecular weight is 492 g/mol. The lowest BCUT2D eigenvalue weighted by Crippen LogP contribution is -2.58. The SMILES string of the molecule is CON=C1CC2C(CC[C@]3(C)C(=O)CCC23)[C@@]2(C)CCC(=NOC3CCNC3)C(c3ccccc3)C12. The van der Waals surface area contributed by atoms with E-state index in [1.54, 1.807) is 7.11 Å². The summed E-state index contributed by atoms with van der Waals surface area (Å²) in [5, 5.41) is 13.0. The molecule has 8 atom stereocenters. The van der Waals surface area contributed by atoms with Gasteiger partial charge in [0.05, 0.1) is 11.4 Å². The summed E-state index contributed by atoms with van der Waals surface area (Å²) in [5.74, 6) is 2.40. The van der Waals surface area contributed by atoms with Gasteiger partial charge in [-0.05, 0) is 73.8 Å². The Hall–Kier alpha value is -2.21. The minimum Gasteiger partial charge on any atom is -0.399 e. The van der Waals surface area contributed by atoms with Crippen LogP contribution in [-0.2, 0) is 14.5 Å². The van der Waals surface area contributed by atoms with Gasteiger partial charge in [0.15, 0.2) is 0 Å². The van der Waals surface area contributed by atoms with Crippen molar-refractivity contribution in [2.24, 2.45) is 44.8 Å². The molecule has 0 radical (unpaired) electrons. The number of carbonyl (C=O) groups excluding carboxylic acids is 1. The monoisotopic (exact) mass is 491 g/mol. The molecule has 1 heterocycles. The Morgan fingerprint density at radius 2 is 1.81 bits per heavy atom. The molecule has 4 aliphatic carbocycles. The lowest BCUT2D eigenvalue weighted by molar-refractivity contribution is -0.133. The van der Waals surface area contributed by atoms with Crippen LogP contribution >= 0.6 is 0 Å². The number of hydrogen-bond acceptors (Lipinski definition) is 6. The summed E-state index contributed by atoms with van der Waals surface area (Å²) in [4.78, 5) is 24.6. The van der Waals surface area contributed by atoms with Gasteiger partial charge in [0, 0.05) is 36.6 Å². The van der Waals surface area contributed by atoms with Crippen LogP contribution in [0, 0.1) is 34.5 Å². The van der Waals surface area contributed by atoms with E-state index in [2.05, 4.69) is 49.5 Å². The number of benzene rings is 1. The predicted octanol–water partition coefficient (Wildman–Crippen LogP) is 5.34. The van der Waals surface area contributed by atoms with Crippen molar-refractivity contribution in [3.8, 4) is 0 Å². The number of rotatable bonds is 4. The van der Waals surface area contributed by atoms with Crippen molar-refractivity contribution in [1.82, 2.24) is 5.32 Å². The number of Topliss-reactive ketones (excluding diaryl/α,β-unsaturated/α-hetero) is 1. The molecule has 0 spiro atoms. The van der Waals surface area contributed by atoms with Crippen LogP contribution in [0.1, 0.15) is 76.7 Å². The van der Waals surface area contributed by atoms with E-state index in [1.807, 2.05) is 0 Å². The normalized spacial score (nSPS) is 44.2. The van der Waals surface area contributed by atoms with Crippen molar-refractivity contribution in [1.29, 1.82) is 0 Å². The van der Waals surface area contributed by atoms with Gasteiger partial charge in [-0.15, -0.1) is 0 Å². The molecular weight excluding hydrogens is 450 g/mol. The summed E-state index contributed by atoms with van der Waals surface area (Å²) >= 11 is 0. The predicted molar refractivity (Wildman–Crippen MR) is 141 cm³/mol. The van der Waals surface area contributed by atoms with Crippen molar-refractivity contribution in [3.63, 3.8) is 0 Å². The first-order valence-corrected chi connectivity index (χ1v) is 14.1. The third-order valence-corrected chi connectivity index (χ3v) is 10.8. The van der Waals surface area contributed by atoms with E-state index in [-0.39, 0.29) is 28.8 Å². The molecule has 36 heavy (non-hydrogen) atoms. The first-order valence-electron chi connectivity index (χ1n) is 14.1. The maximum absolute atomic E-state index is 12.9. The molecule has 1 aromatic carbocycles. The smallest absolute Gasteiger partial charge is 0.141 e. The topological polar surface area (TPSA) is 72.3 Å². The Morgan fingerprint density at radius 1 is 0.972 bits per heavy atom. The van der Waals surface area contributed by atoms with Crippen molar-refractivity contribution < 1.29 is 14.5 Å². The molecule has 1 saturated heterocycles. The molecule has 0 amide bonds. The zero-order valence-corrected chi connectivity index (χ0v) is 22.0. The third kappa shape index (κ3) is 3.74. The summed E-state index contributed by atoms with van der Waals surface area (Å²) in [6.45, 7) is 6.62. The van der Waals surface area contributed by atoms with Gasteiger partial charge in [-0.25, -0.2) is 0 Å². The fourth-order valence-electron chi connectivity index (χ4n) is 9.02. The second-order valence-electron chi connectivity index (χ2n) is 12.4. The summed E-state index contributed by atoms with van der Waals surface area (Å²) in [6.07, 6.45) is 8.06. The van der Waals surface area contributed by atoms with Gasteiger partial charge < -0.3 is 15.0 Å². The van der Waals surface area contributed by atoms with Crippen LogP contribution in [0.2, 0.25) is 0 Å². The summed E-state index contributed by atoms with van der Waals surface area (Å²) in [7, 11) is 1.67. The Bertz CT molecular complexity index is 1050. The minimum absolute atomic E-state index is 0.0850. The van der Waals surface area contributed by atoms with Gasteiger partial charge in [0.1, 0.15) is 19.0 Å². The van der Waals surface area contributed by atoms with Crippen LogP contribution in [-0.4, -0.2) is 43.5 Å². The largest absolute Gasteiger partial charge is 0.399 e. The molecule has 6 nitrogen and oxygen atoms in total. The number of nitrogens with one attached hydrogen (secondary N) is 1. The lowest BCUT2D eigenvalue weighted by atomic mass is 9.43. The van der Waals surface area contributed by atoms with Gasteiger partial charge >= 0.3 is 0 Å². The molecule has 0 bridgehead atoms. The lowest BCUT2D eigenvalue weighted by Gasteiger charge is -2.61. The first-order chi connectivity index (χ1) is 17.5. The summed E-state index contributed by atoms with van der Waals surface area (Å²) in [5.41, 5.74) is 3.54. The quantitative estimate of drug-likeness (QED) is 0.577. The van der Waals surface area contributed by atoms with E-state index in [4.69, 9.17) is 20.0 Å². The van der Waals surface area contributed by atoms with E-state index in [0.717, 1.165) is 75.9 Å². The fraction of sp³-hybridized carbons (Fsp3) is 0.700. The van der Waals surface area contributed by atoms with Gasteiger partial charge in [0.2, 0.25) is 0 Å². The molecule has 6 heteroatoms. The summed E-state index contributed by atoms with van der Waals surface area (Å²) in [6, 6.07) is 10.8. The maximum atomic E-state index is 12.9. The molecule has 0 aromatic heterocycles. The summed E-state index contributed by atoms with van der Waals surface area (Å²) < 4.78 is 0. The molecule has 1 aliphatic heterocycles. The molecule has 1 aromatic rings. The highest BCUT2D eigenvalue weighted by Crippen LogP contribution is 2.66. The van der Waals surface area contributed by atoms with Gasteiger partial charge in [-0.1, -0.05) is 54.5 Å². The second kappa shape index (κ2) is 9.27. The Labute approximate surface area is 215 Å². The highest BCUT2D eigenvalue weighted by atomic mass is 16.6. The molecular formula is C30H41N3O3. The van der Waals surface area contributed by atoms with Gasteiger partial charge in [0.25, 0.3) is 0 Å². The van der Waals surface area contributed by atoms with Crippen molar-refractivity contribution >= 4 is 17.2 Å². The molecule has 6 unspecified atom stereocenters. The van der Waals surface area contributed by atoms with E-state index in [1.165, 1.54) is 5.56 Å². The van der Waals surface area contributed by atoms with Gasteiger partial charge in [-0.2, -0.15) is 0 Å². The first kappa shape index (κ1) is 24.1. The second-order valence-corrected chi connectivity index (χ2v) is 12.4. The minimum atomic E-state index is -0.147. The molecule has 4 saturated carbocycles. The Balaban J connectivity index is 1.41. The zero-order valence-electron chi connectivity index (χ0n) is 22.0. The number of oxime groups is 2. The van der Waals surface area contributed by atoms with Crippen molar-refractivity contribution in [2.45, 2.75) is 77.2 Å². The molecule has 1 N–H and O–H groups in total. The van der Waals surface area contributed by atoms with Crippen LogP contribution in [0.25, 0.3) is 0 Å². The number of fused-ring (bicyclic) bond motifs is 5. The molecule has 194 valence electrons. The third-order valence-electron chi connectivity index (χ3n) is 10.8. The number of carbonyl (C=O) groups is 1. The van der Waals surface area contributed by atoms with Crippen LogP contribution in [0.5, 0.6) is 0 Å². The molecule has 5 aliphatic rings. The average Bonchev–Trinajstić information content (AvgIpc) is 3.51. The van der Waals surface area contributed by atoms with E-state index >= 15 is 0 Å². The molecule has 6 rings (SSSR count). The standard InChI is InChI=1S/C30H41N3O3/c1-29-14-11-23-21(22(29)9-10-26(29)34)17-25(32-35-3)28-27(19-7-5-4-6-8-19)24(12-15-30(23,28)2)33-36-20-13-16-31-18-20/h4-8,20-23,27-28,31H,9-18H2,1-3H3/t20?,21?,22?,23?,27?,28?,29-,30+/m0/s1. The van der Waals surface area contributed by atoms with E-state index in [0.29, 0.717) is 23.5 Å². The Kier molecular flexibility index (Phi) is 6.22. The van der Waals surface area contributed by atoms with Crippen LogP contribution in [0.4, 0.5) is 0 Å². The fourth-order valence-corrected chi connectivity index (χ4v) is 9.02. The van der Waals surface area contributed by atoms with Crippen LogP contribution < -0.4 is 5.32 Å². The van der Waals surface area contributed by atoms with E-state index in [9.17, 15) is 4.79 Å². The van der Waals surface area contributed by atoms with Crippen LogP contribution in [0.3, 0.4) is 0 Å². The highest BCUT2D eigenvalue weighted by molar-refractivity contribution is 6.00. The maximum Gasteiger partial charge on any atom is 0.141 e. The highest BCUT2D eigenvalue weighted by Gasteiger charge is 2.63. The Morgan fingerprint density at radius 3 is 2.56 bits per heavy atom. The van der Waals surface area contributed by atoms with E-state index < -0.39 is 0 Å². The number of nitrogens with zero attached hydrogens (tertiary/aromatic N) is 2. The van der Waals surface area contributed by atoms with Crippen molar-refractivity contribution in [2.75, 3.05) is 20.2 Å². The van der Waals surface area contributed by atoms with Crippen molar-refractivity contribution in [3.05, 3.63) is 35.9 Å². The number of ketones is 1. The van der Waals surface area contributed by atoms with Crippen LogP contribution in [0.15, 0.2) is 40.6 Å². The zero-order chi connectivity index (χ0) is 24.9. The molecule has 5 fully saturated rings. The van der Waals surface area contributed by atoms with Gasteiger partial charge in [-0.3, -0.25) is 4.79 Å². The number of hydrogen-bond donors (Lipinski definition) is 1.